The number of rotatable bonds is 1. The Balaban J connectivity index is 1.86. The minimum absolute atomic E-state index is 0.637. The third kappa shape index (κ3) is 1.14. The first-order valence-corrected chi connectivity index (χ1v) is 5.17. The summed E-state index contributed by atoms with van der Waals surface area (Å²) < 4.78 is 0. The van der Waals surface area contributed by atoms with E-state index in [0.29, 0.717) is 11.7 Å². The van der Waals surface area contributed by atoms with Gasteiger partial charge in [0.25, 0.3) is 0 Å². The van der Waals surface area contributed by atoms with Gasteiger partial charge in [-0.05, 0) is 25.2 Å². The van der Waals surface area contributed by atoms with Gasteiger partial charge in [-0.3, -0.25) is 0 Å². The molecular weight excluding hydrogens is 176 g/mol. The monoisotopic (exact) mass is 190 g/mol. The second-order valence-corrected chi connectivity index (χ2v) is 4.30. The zero-order valence-electron chi connectivity index (χ0n) is 8.06. The molecule has 0 aromatic carbocycles. The number of hydrogen-bond donors (Lipinski definition) is 1. The summed E-state index contributed by atoms with van der Waals surface area (Å²) in [6.45, 7) is 1.13. The zero-order chi connectivity index (χ0) is 9.54. The van der Waals surface area contributed by atoms with E-state index >= 15 is 0 Å². The van der Waals surface area contributed by atoms with E-state index in [-0.39, 0.29) is 0 Å². The average Bonchev–Trinajstić information content (AvgIpc) is 2.80. The van der Waals surface area contributed by atoms with Gasteiger partial charge in [-0.1, -0.05) is 0 Å². The number of hydrogen-bond acceptors (Lipinski definition) is 4. The Labute approximate surface area is 83.1 Å². The molecule has 1 aromatic rings. The minimum Gasteiger partial charge on any atom is -0.396 e. The highest BCUT2D eigenvalue weighted by Crippen LogP contribution is 2.38. The third-order valence-corrected chi connectivity index (χ3v) is 3.32. The molecular formula is C10H14N4. The van der Waals surface area contributed by atoms with Gasteiger partial charge in [-0.15, -0.1) is 0 Å². The van der Waals surface area contributed by atoms with Crippen LogP contribution in [0.5, 0.6) is 0 Å². The fourth-order valence-corrected chi connectivity index (χ4v) is 2.65. The predicted molar refractivity (Wildman–Crippen MR) is 54.9 cm³/mol. The Hall–Kier alpha value is -1.32. The van der Waals surface area contributed by atoms with Crippen LogP contribution in [-0.2, 0) is 0 Å². The van der Waals surface area contributed by atoms with Crippen molar-refractivity contribution in [2.45, 2.75) is 25.3 Å². The normalized spacial score (nSPS) is 29.9. The van der Waals surface area contributed by atoms with Crippen LogP contribution in [0.2, 0.25) is 0 Å². The second-order valence-electron chi connectivity index (χ2n) is 4.30. The van der Waals surface area contributed by atoms with Crippen molar-refractivity contribution in [3.63, 3.8) is 0 Å². The summed E-state index contributed by atoms with van der Waals surface area (Å²) in [4.78, 5) is 10.9. The van der Waals surface area contributed by atoms with Crippen molar-refractivity contribution in [3.8, 4) is 0 Å². The lowest BCUT2D eigenvalue weighted by Crippen LogP contribution is -2.33. The van der Waals surface area contributed by atoms with Crippen LogP contribution in [0.3, 0.4) is 0 Å². The molecule has 2 unspecified atom stereocenters. The summed E-state index contributed by atoms with van der Waals surface area (Å²) in [5.41, 5.74) is 6.19. The minimum atomic E-state index is 0.637. The van der Waals surface area contributed by atoms with Gasteiger partial charge in [0.15, 0.2) is 0 Å². The van der Waals surface area contributed by atoms with E-state index < -0.39 is 0 Å². The Kier molecular flexibility index (Phi) is 1.63. The van der Waals surface area contributed by atoms with Gasteiger partial charge >= 0.3 is 0 Å². The van der Waals surface area contributed by atoms with Gasteiger partial charge in [-0.2, -0.15) is 0 Å². The molecule has 2 atom stereocenters. The lowest BCUT2D eigenvalue weighted by Gasteiger charge is -2.26. The van der Waals surface area contributed by atoms with E-state index in [1.165, 1.54) is 19.3 Å². The second kappa shape index (κ2) is 2.83. The molecule has 2 N–H and O–H groups in total. The van der Waals surface area contributed by atoms with Crippen LogP contribution in [0.25, 0.3) is 0 Å². The van der Waals surface area contributed by atoms with Gasteiger partial charge in [-0.25, -0.2) is 9.97 Å². The van der Waals surface area contributed by atoms with Gasteiger partial charge in [0, 0.05) is 12.6 Å². The molecule has 2 bridgehead atoms. The highest BCUT2D eigenvalue weighted by atomic mass is 15.3. The highest BCUT2D eigenvalue weighted by Gasteiger charge is 2.38. The highest BCUT2D eigenvalue weighted by molar-refractivity contribution is 5.40. The molecule has 1 aliphatic heterocycles. The van der Waals surface area contributed by atoms with Crippen molar-refractivity contribution in [2.24, 2.45) is 5.92 Å². The Bertz CT molecular complexity index is 334. The number of anilines is 2. The average molecular weight is 190 g/mol. The van der Waals surface area contributed by atoms with Crippen LogP contribution in [0.4, 0.5) is 11.6 Å². The number of aromatic nitrogens is 2. The summed E-state index contributed by atoms with van der Waals surface area (Å²) in [5.74, 6) is 1.73. The van der Waals surface area contributed by atoms with Gasteiger partial charge in [0.2, 0.25) is 5.95 Å². The number of nitrogens with zero attached hydrogens (tertiary/aromatic N) is 3. The fourth-order valence-electron chi connectivity index (χ4n) is 2.65. The molecule has 1 aliphatic carbocycles. The quantitative estimate of drug-likeness (QED) is 0.719. The van der Waals surface area contributed by atoms with E-state index in [1.807, 2.05) is 0 Å². The van der Waals surface area contributed by atoms with E-state index in [1.54, 1.807) is 12.4 Å². The standard InChI is InChI=1S/C10H14N4/c11-8-4-12-10(13-5-8)14-6-7-1-2-9(14)3-7/h4-5,7,9H,1-3,6,11H2. The number of piperidine rings is 1. The molecule has 0 amide bonds. The molecule has 2 aliphatic rings. The summed E-state index contributed by atoms with van der Waals surface area (Å²) in [5, 5.41) is 0. The molecule has 4 nitrogen and oxygen atoms in total. The van der Waals surface area contributed by atoms with Crippen molar-refractivity contribution in [3.05, 3.63) is 12.4 Å². The van der Waals surface area contributed by atoms with E-state index in [9.17, 15) is 0 Å². The van der Waals surface area contributed by atoms with Crippen LogP contribution >= 0.6 is 0 Å². The number of fused-ring (bicyclic) bond motifs is 2. The van der Waals surface area contributed by atoms with Crippen LogP contribution < -0.4 is 10.6 Å². The molecule has 0 spiro atoms. The topological polar surface area (TPSA) is 55.0 Å². The summed E-state index contributed by atoms with van der Waals surface area (Å²) in [7, 11) is 0. The summed E-state index contributed by atoms with van der Waals surface area (Å²) >= 11 is 0. The molecule has 3 rings (SSSR count). The number of nitrogens with two attached hydrogens (primary N) is 1. The van der Waals surface area contributed by atoms with Gasteiger partial charge < -0.3 is 10.6 Å². The van der Waals surface area contributed by atoms with Crippen molar-refractivity contribution in [1.29, 1.82) is 0 Å². The maximum Gasteiger partial charge on any atom is 0.225 e. The fraction of sp³-hybridized carbons (Fsp3) is 0.600. The molecule has 1 saturated carbocycles. The first kappa shape index (κ1) is 8.03. The molecule has 1 aromatic heterocycles. The molecule has 4 heteroatoms. The van der Waals surface area contributed by atoms with Gasteiger partial charge in [0.1, 0.15) is 0 Å². The van der Waals surface area contributed by atoms with Crippen molar-refractivity contribution in [2.75, 3.05) is 17.2 Å². The molecule has 2 heterocycles. The predicted octanol–water partition coefficient (Wildman–Crippen LogP) is 1.05. The largest absolute Gasteiger partial charge is 0.396 e. The molecule has 0 radical (unpaired) electrons. The van der Waals surface area contributed by atoms with Crippen LogP contribution in [0, 0.1) is 5.92 Å². The summed E-state index contributed by atoms with van der Waals surface area (Å²) in [6.07, 6.45) is 7.39. The molecule has 14 heavy (non-hydrogen) atoms. The van der Waals surface area contributed by atoms with Crippen LogP contribution in [0.15, 0.2) is 12.4 Å². The van der Waals surface area contributed by atoms with Crippen molar-refractivity contribution < 1.29 is 0 Å². The SMILES string of the molecule is Nc1cnc(N2CC3CCC2C3)nc1. The van der Waals surface area contributed by atoms with Crippen molar-refractivity contribution in [1.82, 2.24) is 9.97 Å². The lowest BCUT2D eigenvalue weighted by molar-refractivity contribution is 0.546. The first-order chi connectivity index (χ1) is 6.83. The third-order valence-electron chi connectivity index (χ3n) is 3.32. The molecule has 74 valence electrons. The Morgan fingerprint density at radius 3 is 2.64 bits per heavy atom. The van der Waals surface area contributed by atoms with E-state index in [4.69, 9.17) is 5.73 Å². The Morgan fingerprint density at radius 2 is 2.07 bits per heavy atom. The van der Waals surface area contributed by atoms with E-state index in [2.05, 4.69) is 14.9 Å². The zero-order valence-corrected chi connectivity index (χ0v) is 8.06. The lowest BCUT2D eigenvalue weighted by atomic mass is 10.1. The molecule has 1 saturated heterocycles. The Morgan fingerprint density at radius 1 is 1.29 bits per heavy atom. The van der Waals surface area contributed by atoms with Crippen molar-refractivity contribution >= 4 is 11.6 Å². The summed E-state index contributed by atoms with van der Waals surface area (Å²) in [6, 6.07) is 0.684. The smallest absolute Gasteiger partial charge is 0.225 e. The maximum absolute atomic E-state index is 5.56. The van der Waals surface area contributed by atoms with Crippen LogP contribution in [-0.4, -0.2) is 22.6 Å². The number of nitrogen functional groups attached to an aromatic ring is 1. The van der Waals surface area contributed by atoms with Gasteiger partial charge in [0.05, 0.1) is 18.1 Å². The van der Waals surface area contributed by atoms with E-state index in [0.717, 1.165) is 18.4 Å². The molecule has 2 fully saturated rings. The van der Waals surface area contributed by atoms with Crippen LogP contribution in [0.1, 0.15) is 19.3 Å². The maximum atomic E-state index is 5.56. The first-order valence-electron chi connectivity index (χ1n) is 5.17.